The Morgan fingerprint density at radius 2 is 2.31 bits per heavy atom. The standard InChI is InChI=1S/C10H20N2O/c11-4-3-9-2-1-5-12-6-7-13-8-10(9)12/h9-10H,1-8,11H2. The lowest BCUT2D eigenvalue weighted by Crippen LogP contribution is -2.52. The molecule has 2 saturated heterocycles. The summed E-state index contributed by atoms with van der Waals surface area (Å²) in [5.74, 6) is 0.791. The van der Waals surface area contributed by atoms with Crippen LogP contribution in [0.1, 0.15) is 19.3 Å². The van der Waals surface area contributed by atoms with Crippen LogP contribution in [0.15, 0.2) is 0 Å². The summed E-state index contributed by atoms with van der Waals surface area (Å²) >= 11 is 0. The first kappa shape index (κ1) is 9.44. The van der Waals surface area contributed by atoms with Crippen molar-refractivity contribution in [3.05, 3.63) is 0 Å². The van der Waals surface area contributed by atoms with E-state index in [0.717, 1.165) is 32.2 Å². The molecule has 2 rings (SSSR count). The van der Waals surface area contributed by atoms with E-state index in [1.165, 1.54) is 25.8 Å². The summed E-state index contributed by atoms with van der Waals surface area (Å²) in [5.41, 5.74) is 5.62. The van der Waals surface area contributed by atoms with Gasteiger partial charge in [0, 0.05) is 12.6 Å². The Hall–Kier alpha value is -0.120. The van der Waals surface area contributed by atoms with Crippen LogP contribution < -0.4 is 5.73 Å². The maximum absolute atomic E-state index is 5.62. The zero-order chi connectivity index (χ0) is 9.10. The Bertz CT molecular complexity index is 159. The van der Waals surface area contributed by atoms with Gasteiger partial charge in [-0.3, -0.25) is 4.90 Å². The smallest absolute Gasteiger partial charge is 0.0625 e. The van der Waals surface area contributed by atoms with Crippen LogP contribution in [0, 0.1) is 5.92 Å². The highest BCUT2D eigenvalue weighted by Gasteiger charge is 2.32. The summed E-state index contributed by atoms with van der Waals surface area (Å²) in [6.07, 6.45) is 3.87. The van der Waals surface area contributed by atoms with Crippen molar-refractivity contribution in [1.82, 2.24) is 4.90 Å². The molecule has 2 unspecified atom stereocenters. The van der Waals surface area contributed by atoms with E-state index in [-0.39, 0.29) is 0 Å². The van der Waals surface area contributed by atoms with Gasteiger partial charge in [-0.05, 0) is 38.3 Å². The van der Waals surface area contributed by atoms with Gasteiger partial charge in [-0.15, -0.1) is 0 Å². The second-order valence-corrected chi connectivity index (χ2v) is 4.16. The molecule has 0 aromatic carbocycles. The fourth-order valence-corrected chi connectivity index (χ4v) is 2.67. The van der Waals surface area contributed by atoms with Crippen molar-refractivity contribution in [3.8, 4) is 0 Å². The minimum absolute atomic E-state index is 0.672. The summed E-state index contributed by atoms with van der Waals surface area (Å²) < 4.78 is 5.53. The number of nitrogens with two attached hydrogens (primary N) is 1. The predicted molar refractivity (Wildman–Crippen MR) is 52.6 cm³/mol. The zero-order valence-corrected chi connectivity index (χ0v) is 8.24. The van der Waals surface area contributed by atoms with Crippen molar-refractivity contribution in [2.75, 3.05) is 32.8 Å². The van der Waals surface area contributed by atoms with Crippen LogP contribution in [0.25, 0.3) is 0 Å². The van der Waals surface area contributed by atoms with Crippen LogP contribution in [0.5, 0.6) is 0 Å². The van der Waals surface area contributed by atoms with Gasteiger partial charge in [0.15, 0.2) is 0 Å². The SMILES string of the molecule is NCCC1CCCN2CCOCC12. The number of hydrogen-bond acceptors (Lipinski definition) is 3. The lowest BCUT2D eigenvalue weighted by Gasteiger charge is -2.44. The Labute approximate surface area is 80.2 Å². The van der Waals surface area contributed by atoms with Crippen molar-refractivity contribution >= 4 is 0 Å². The summed E-state index contributed by atoms with van der Waals surface area (Å²) in [6.45, 7) is 5.09. The zero-order valence-electron chi connectivity index (χ0n) is 8.24. The largest absolute Gasteiger partial charge is 0.378 e. The molecule has 0 radical (unpaired) electrons. The van der Waals surface area contributed by atoms with Crippen LogP contribution in [-0.4, -0.2) is 43.8 Å². The molecule has 2 aliphatic heterocycles. The minimum Gasteiger partial charge on any atom is -0.378 e. The van der Waals surface area contributed by atoms with Gasteiger partial charge in [0.2, 0.25) is 0 Å². The number of rotatable bonds is 2. The Kier molecular flexibility index (Phi) is 3.19. The van der Waals surface area contributed by atoms with Gasteiger partial charge in [-0.2, -0.15) is 0 Å². The third kappa shape index (κ3) is 2.03. The Morgan fingerprint density at radius 3 is 3.15 bits per heavy atom. The summed E-state index contributed by atoms with van der Waals surface area (Å²) in [5, 5.41) is 0. The molecule has 0 amide bonds. The fourth-order valence-electron chi connectivity index (χ4n) is 2.67. The molecular weight excluding hydrogens is 164 g/mol. The average Bonchev–Trinajstić information content (AvgIpc) is 2.19. The molecule has 0 aliphatic carbocycles. The third-order valence-corrected chi connectivity index (χ3v) is 3.38. The number of hydrogen-bond donors (Lipinski definition) is 1. The van der Waals surface area contributed by atoms with E-state index < -0.39 is 0 Å². The quantitative estimate of drug-likeness (QED) is 0.677. The molecule has 76 valence electrons. The second-order valence-electron chi connectivity index (χ2n) is 4.16. The van der Waals surface area contributed by atoms with Crippen LogP contribution in [0.2, 0.25) is 0 Å². The first-order chi connectivity index (χ1) is 6.42. The van der Waals surface area contributed by atoms with E-state index in [0.29, 0.717) is 6.04 Å². The van der Waals surface area contributed by atoms with Gasteiger partial charge in [0.1, 0.15) is 0 Å². The van der Waals surface area contributed by atoms with E-state index >= 15 is 0 Å². The van der Waals surface area contributed by atoms with Crippen molar-refractivity contribution in [2.45, 2.75) is 25.3 Å². The van der Waals surface area contributed by atoms with Gasteiger partial charge >= 0.3 is 0 Å². The maximum atomic E-state index is 5.62. The molecule has 3 heteroatoms. The summed E-state index contributed by atoms with van der Waals surface area (Å²) in [6, 6.07) is 0.672. The molecule has 0 spiro atoms. The minimum atomic E-state index is 0.672. The van der Waals surface area contributed by atoms with Gasteiger partial charge in [-0.25, -0.2) is 0 Å². The van der Waals surface area contributed by atoms with Crippen LogP contribution in [0.4, 0.5) is 0 Å². The van der Waals surface area contributed by atoms with Crippen LogP contribution in [-0.2, 0) is 4.74 Å². The van der Waals surface area contributed by atoms with E-state index in [1.807, 2.05) is 0 Å². The topological polar surface area (TPSA) is 38.5 Å². The van der Waals surface area contributed by atoms with Gasteiger partial charge in [0.25, 0.3) is 0 Å². The van der Waals surface area contributed by atoms with Crippen LogP contribution in [0.3, 0.4) is 0 Å². The summed E-state index contributed by atoms with van der Waals surface area (Å²) in [7, 11) is 0. The maximum Gasteiger partial charge on any atom is 0.0625 e. The van der Waals surface area contributed by atoms with E-state index in [2.05, 4.69) is 4.90 Å². The predicted octanol–water partition coefficient (Wildman–Crippen LogP) is 0.446. The van der Waals surface area contributed by atoms with Crippen molar-refractivity contribution in [3.63, 3.8) is 0 Å². The molecule has 0 aromatic heterocycles. The third-order valence-electron chi connectivity index (χ3n) is 3.38. The molecule has 3 nitrogen and oxygen atoms in total. The van der Waals surface area contributed by atoms with Gasteiger partial charge < -0.3 is 10.5 Å². The number of morpholine rings is 1. The monoisotopic (exact) mass is 184 g/mol. The van der Waals surface area contributed by atoms with Crippen molar-refractivity contribution < 1.29 is 4.74 Å². The highest BCUT2D eigenvalue weighted by atomic mass is 16.5. The molecule has 2 N–H and O–H groups in total. The lowest BCUT2D eigenvalue weighted by molar-refractivity contribution is -0.0491. The van der Waals surface area contributed by atoms with Gasteiger partial charge in [0.05, 0.1) is 13.2 Å². The first-order valence-electron chi connectivity index (χ1n) is 5.43. The van der Waals surface area contributed by atoms with E-state index in [4.69, 9.17) is 10.5 Å². The van der Waals surface area contributed by atoms with Gasteiger partial charge in [-0.1, -0.05) is 0 Å². The Morgan fingerprint density at radius 1 is 1.38 bits per heavy atom. The lowest BCUT2D eigenvalue weighted by atomic mass is 9.86. The normalized spacial score (nSPS) is 35.8. The highest BCUT2D eigenvalue weighted by Crippen LogP contribution is 2.27. The molecule has 2 atom stereocenters. The van der Waals surface area contributed by atoms with E-state index in [1.54, 1.807) is 0 Å². The molecular formula is C10H20N2O. The first-order valence-corrected chi connectivity index (χ1v) is 5.43. The van der Waals surface area contributed by atoms with E-state index in [9.17, 15) is 0 Å². The number of ether oxygens (including phenoxy) is 1. The Balaban J connectivity index is 1.94. The van der Waals surface area contributed by atoms with Crippen LogP contribution >= 0.6 is 0 Å². The molecule has 2 aliphatic rings. The van der Waals surface area contributed by atoms with Crippen molar-refractivity contribution in [1.29, 1.82) is 0 Å². The molecule has 2 heterocycles. The summed E-state index contributed by atoms with van der Waals surface area (Å²) in [4.78, 5) is 2.59. The molecule has 0 saturated carbocycles. The second kappa shape index (κ2) is 4.40. The highest BCUT2D eigenvalue weighted by molar-refractivity contribution is 4.86. The average molecular weight is 184 g/mol. The number of fused-ring (bicyclic) bond motifs is 1. The molecule has 13 heavy (non-hydrogen) atoms. The molecule has 0 aromatic rings. The molecule has 0 bridgehead atoms. The van der Waals surface area contributed by atoms with Crippen molar-refractivity contribution in [2.24, 2.45) is 11.7 Å². The number of nitrogens with zero attached hydrogens (tertiary/aromatic N) is 1. The molecule has 2 fully saturated rings. The number of piperidine rings is 1. The fraction of sp³-hybridized carbons (Fsp3) is 1.00.